The van der Waals surface area contributed by atoms with Gasteiger partial charge in [-0.1, -0.05) is 91.0 Å². The summed E-state index contributed by atoms with van der Waals surface area (Å²) in [6.45, 7) is 0. The van der Waals surface area contributed by atoms with E-state index in [0.29, 0.717) is 5.56 Å². The molecule has 4 nitrogen and oxygen atoms in total. The summed E-state index contributed by atoms with van der Waals surface area (Å²) in [5, 5.41) is 20.2. The summed E-state index contributed by atoms with van der Waals surface area (Å²) in [5.74, 6) is 0. The van der Waals surface area contributed by atoms with Crippen LogP contribution in [0.5, 0.6) is 0 Å². The molecule has 4 heteroatoms. The molecular weight excluding hydrogens is 597 g/mol. The molecule has 0 aliphatic heterocycles. The predicted octanol–water partition coefficient (Wildman–Crippen LogP) is 11.4. The number of aromatic nitrogens is 3. The van der Waals surface area contributed by atoms with E-state index in [0.717, 1.165) is 66.3 Å². The first-order chi connectivity index (χ1) is 24.3. The molecule has 10 rings (SSSR count). The fourth-order valence-corrected chi connectivity index (χ4v) is 7.67. The third-order valence-electron chi connectivity index (χ3n) is 9.82. The van der Waals surface area contributed by atoms with E-state index < -0.39 is 0 Å². The standard InChI is InChI=1S/C45H26N4/c46-27-28-17-21-41-37(24-28)38-25-29(19-22-42(38)49(41)31-10-2-1-3-11-31)30-18-20-36-40(26-30)48-45(39-16-8-9-23-47-39)44-35-15-7-5-13-33(35)32-12-4-6-14-34(32)43(36)44/h1-26H. The van der Waals surface area contributed by atoms with Gasteiger partial charge in [-0.25, -0.2) is 4.98 Å². The monoisotopic (exact) mass is 622 g/mol. The highest BCUT2D eigenvalue weighted by Crippen LogP contribution is 2.43. The van der Waals surface area contributed by atoms with Crippen molar-refractivity contribution >= 4 is 65.0 Å². The summed E-state index contributed by atoms with van der Waals surface area (Å²) in [4.78, 5) is 10.2. The van der Waals surface area contributed by atoms with Crippen LogP contribution >= 0.6 is 0 Å². The van der Waals surface area contributed by atoms with Crippen LogP contribution < -0.4 is 0 Å². The van der Waals surface area contributed by atoms with Crippen molar-refractivity contribution in [2.24, 2.45) is 0 Å². The van der Waals surface area contributed by atoms with Gasteiger partial charge in [0.05, 0.1) is 39.6 Å². The van der Waals surface area contributed by atoms with Crippen molar-refractivity contribution in [3.05, 3.63) is 163 Å². The highest BCUT2D eigenvalue weighted by atomic mass is 15.0. The summed E-state index contributed by atoms with van der Waals surface area (Å²) < 4.78 is 2.28. The van der Waals surface area contributed by atoms with Crippen LogP contribution in [0, 0.1) is 11.3 Å². The fraction of sp³-hybridized carbons (Fsp3) is 0. The zero-order valence-corrected chi connectivity index (χ0v) is 26.3. The average Bonchev–Trinajstić information content (AvgIpc) is 3.50. The number of fused-ring (bicyclic) bond motifs is 11. The lowest BCUT2D eigenvalue weighted by Gasteiger charge is -2.16. The molecule has 3 aromatic heterocycles. The molecule has 0 amide bonds. The van der Waals surface area contributed by atoms with E-state index in [4.69, 9.17) is 9.97 Å². The molecule has 0 fully saturated rings. The average molecular weight is 623 g/mol. The second-order valence-electron chi connectivity index (χ2n) is 12.5. The van der Waals surface area contributed by atoms with Gasteiger partial charge in [0.15, 0.2) is 0 Å². The molecule has 0 aliphatic rings. The van der Waals surface area contributed by atoms with Crippen molar-refractivity contribution in [1.82, 2.24) is 14.5 Å². The lowest BCUT2D eigenvalue weighted by atomic mass is 9.90. The summed E-state index contributed by atoms with van der Waals surface area (Å²) >= 11 is 0. The van der Waals surface area contributed by atoms with E-state index in [1.807, 2.05) is 42.6 Å². The minimum atomic E-state index is 0.647. The Labute approximate surface area is 281 Å². The first-order valence-electron chi connectivity index (χ1n) is 16.4. The van der Waals surface area contributed by atoms with Gasteiger partial charge in [0.2, 0.25) is 0 Å². The molecule has 10 aromatic rings. The molecular formula is C45H26N4. The number of rotatable bonds is 3. The predicted molar refractivity (Wildman–Crippen MR) is 202 cm³/mol. The van der Waals surface area contributed by atoms with Crippen LogP contribution in [0.4, 0.5) is 0 Å². The molecule has 0 unspecified atom stereocenters. The number of pyridine rings is 2. The summed E-state index contributed by atoms with van der Waals surface area (Å²) in [7, 11) is 0. The Kier molecular flexibility index (Phi) is 5.90. The van der Waals surface area contributed by atoms with Crippen LogP contribution in [0.3, 0.4) is 0 Å². The van der Waals surface area contributed by atoms with Gasteiger partial charge in [-0.2, -0.15) is 5.26 Å². The number of hydrogen-bond donors (Lipinski definition) is 0. The van der Waals surface area contributed by atoms with E-state index in [2.05, 4.69) is 126 Å². The Bertz CT molecular complexity index is 2990. The molecule has 0 radical (unpaired) electrons. The molecule has 49 heavy (non-hydrogen) atoms. The second kappa shape index (κ2) is 10.6. The molecule has 0 spiro atoms. The zero-order valence-electron chi connectivity index (χ0n) is 26.3. The van der Waals surface area contributed by atoms with E-state index in [1.54, 1.807) is 0 Å². The van der Waals surface area contributed by atoms with Crippen LogP contribution in [0.25, 0.3) is 93.2 Å². The van der Waals surface area contributed by atoms with Crippen molar-refractivity contribution in [2.75, 3.05) is 0 Å². The summed E-state index contributed by atoms with van der Waals surface area (Å²) in [6, 6.07) is 55.3. The lowest BCUT2D eigenvalue weighted by Crippen LogP contribution is -1.95. The van der Waals surface area contributed by atoms with Gasteiger partial charge in [-0.15, -0.1) is 0 Å². The Morgan fingerprint density at radius 3 is 1.86 bits per heavy atom. The molecule has 0 atom stereocenters. The largest absolute Gasteiger partial charge is 0.309 e. The van der Waals surface area contributed by atoms with Gasteiger partial charge in [0.1, 0.15) is 0 Å². The lowest BCUT2D eigenvalue weighted by molar-refractivity contribution is 1.18. The van der Waals surface area contributed by atoms with Gasteiger partial charge in [-0.3, -0.25) is 4.98 Å². The van der Waals surface area contributed by atoms with E-state index in [1.165, 1.54) is 26.9 Å². The molecule has 0 aliphatic carbocycles. The minimum absolute atomic E-state index is 0.647. The SMILES string of the molecule is N#Cc1ccc2c(c1)c1cc(-c3ccc4c(c3)nc(-c3ccccn3)c3c5ccccc5c5ccccc5c43)ccc1n2-c1ccccc1. The minimum Gasteiger partial charge on any atom is -0.309 e. The van der Waals surface area contributed by atoms with E-state index in [9.17, 15) is 5.26 Å². The number of para-hydroxylation sites is 1. The van der Waals surface area contributed by atoms with Crippen molar-refractivity contribution in [2.45, 2.75) is 0 Å². The Morgan fingerprint density at radius 1 is 0.490 bits per heavy atom. The molecule has 3 heterocycles. The maximum absolute atomic E-state index is 9.76. The highest BCUT2D eigenvalue weighted by molar-refractivity contribution is 6.33. The summed E-state index contributed by atoms with van der Waals surface area (Å²) in [6.07, 6.45) is 1.84. The van der Waals surface area contributed by atoms with E-state index in [-0.39, 0.29) is 0 Å². The van der Waals surface area contributed by atoms with Crippen LogP contribution in [0.2, 0.25) is 0 Å². The highest BCUT2D eigenvalue weighted by Gasteiger charge is 2.19. The number of nitrogens with zero attached hydrogens (tertiary/aromatic N) is 4. The Balaban J connectivity index is 1.27. The van der Waals surface area contributed by atoms with Gasteiger partial charge in [0.25, 0.3) is 0 Å². The fourth-order valence-electron chi connectivity index (χ4n) is 7.67. The van der Waals surface area contributed by atoms with Crippen LogP contribution in [-0.2, 0) is 0 Å². The number of nitriles is 1. The zero-order chi connectivity index (χ0) is 32.5. The van der Waals surface area contributed by atoms with E-state index >= 15 is 0 Å². The van der Waals surface area contributed by atoms with Crippen LogP contribution in [0.1, 0.15) is 5.56 Å². The van der Waals surface area contributed by atoms with Gasteiger partial charge >= 0.3 is 0 Å². The number of hydrogen-bond acceptors (Lipinski definition) is 3. The van der Waals surface area contributed by atoms with Crippen LogP contribution in [-0.4, -0.2) is 14.5 Å². The topological polar surface area (TPSA) is 54.5 Å². The van der Waals surface area contributed by atoms with Crippen molar-refractivity contribution in [3.63, 3.8) is 0 Å². The van der Waals surface area contributed by atoms with Gasteiger partial charge < -0.3 is 4.57 Å². The van der Waals surface area contributed by atoms with Crippen LogP contribution in [0.15, 0.2) is 158 Å². The maximum Gasteiger partial charge on any atom is 0.0991 e. The molecule has 0 saturated heterocycles. The van der Waals surface area contributed by atoms with Gasteiger partial charge in [-0.05, 0) is 93.3 Å². The molecule has 226 valence electrons. The summed E-state index contributed by atoms with van der Waals surface area (Å²) in [5.41, 5.74) is 8.73. The Hall–Kier alpha value is -6.83. The third kappa shape index (κ3) is 4.10. The van der Waals surface area contributed by atoms with Crippen molar-refractivity contribution in [3.8, 4) is 34.3 Å². The Morgan fingerprint density at radius 2 is 1.12 bits per heavy atom. The smallest absolute Gasteiger partial charge is 0.0991 e. The van der Waals surface area contributed by atoms with Crippen molar-refractivity contribution in [1.29, 1.82) is 5.26 Å². The number of benzene rings is 7. The molecule has 0 N–H and O–H groups in total. The van der Waals surface area contributed by atoms with Crippen molar-refractivity contribution < 1.29 is 0 Å². The second-order valence-corrected chi connectivity index (χ2v) is 12.5. The first-order valence-corrected chi connectivity index (χ1v) is 16.4. The van der Waals surface area contributed by atoms with Gasteiger partial charge in [0, 0.05) is 38.8 Å². The quantitative estimate of drug-likeness (QED) is 0.184. The third-order valence-corrected chi connectivity index (χ3v) is 9.82. The maximum atomic E-state index is 9.76. The molecule has 7 aromatic carbocycles. The first kappa shape index (κ1) is 27.3. The normalized spacial score (nSPS) is 11.7. The molecule has 0 saturated carbocycles. The molecule has 0 bridgehead atoms.